The third-order valence-corrected chi connectivity index (χ3v) is 2.48. The number of amides is 1. The molecule has 0 N–H and O–H groups in total. The van der Waals surface area contributed by atoms with Gasteiger partial charge in [0, 0.05) is 13.1 Å². The van der Waals surface area contributed by atoms with Gasteiger partial charge in [0.25, 0.3) is 0 Å². The van der Waals surface area contributed by atoms with E-state index in [9.17, 15) is 17.7 Å². The molecule has 0 aromatic heterocycles. The van der Waals surface area contributed by atoms with Gasteiger partial charge in [-0.2, -0.15) is 0 Å². The molecule has 1 heterocycles. The molecule has 1 aliphatic rings. The first-order chi connectivity index (χ1) is 8.09. The molecule has 1 aliphatic heterocycles. The van der Waals surface area contributed by atoms with Crippen molar-refractivity contribution in [3.63, 3.8) is 0 Å². The highest BCUT2D eigenvalue weighted by atomic mass is 19.4. The van der Waals surface area contributed by atoms with Crippen LogP contribution in [0.5, 0.6) is 0 Å². The lowest BCUT2D eigenvalue weighted by Gasteiger charge is -2.29. The van der Waals surface area contributed by atoms with E-state index in [4.69, 9.17) is 4.74 Å². The third kappa shape index (κ3) is 4.62. The minimum Gasteiger partial charge on any atom is -0.445 e. The molecule has 0 aromatic carbocycles. The van der Waals surface area contributed by atoms with Crippen molar-refractivity contribution in [3.8, 4) is 0 Å². The quantitative estimate of drug-likeness (QED) is 0.680. The molecule has 0 fully saturated rings. The van der Waals surface area contributed by atoms with Gasteiger partial charge in [0.2, 0.25) is 0 Å². The second-order valence-corrected chi connectivity index (χ2v) is 5.40. The van der Waals surface area contributed by atoms with E-state index in [1.165, 1.54) is 6.08 Å². The number of rotatable bonds is 1. The van der Waals surface area contributed by atoms with Crippen molar-refractivity contribution in [1.29, 1.82) is 0 Å². The highest BCUT2D eigenvalue weighted by molar-refractivity contribution is 6.67. The number of hydrogen-bond donors (Lipinski definition) is 0. The van der Waals surface area contributed by atoms with Crippen LogP contribution < -0.4 is 0 Å². The Bertz CT molecular complexity index is 347. The minimum absolute atomic E-state index is 0.293. The van der Waals surface area contributed by atoms with Crippen molar-refractivity contribution in [2.75, 3.05) is 13.1 Å². The maximum atomic E-state index is 12.7. The molecule has 7 heteroatoms. The number of allylic oxidation sites excluding steroid dienone is 1. The predicted molar refractivity (Wildman–Crippen MR) is 64.2 cm³/mol. The first-order valence-electron chi connectivity index (χ1n) is 5.96. The van der Waals surface area contributed by atoms with Gasteiger partial charge in [0.05, 0.1) is 0 Å². The molecule has 0 bridgehead atoms. The topological polar surface area (TPSA) is 29.5 Å². The van der Waals surface area contributed by atoms with Crippen molar-refractivity contribution in [2.24, 2.45) is 0 Å². The van der Waals surface area contributed by atoms with Gasteiger partial charge in [-0.05, 0) is 33.6 Å². The first kappa shape index (κ1) is 14.9. The molecule has 18 heavy (non-hydrogen) atoms. The Balaban J connectivity index is 2.73. The maximum absolute atomic E-state index is 12.7. The molecule has 0 aliphatic carbocycles. The SMILES string of the molecule is CC(C)(C)OC(=O)N1CCCC=C([B-](F)(F)F)C1. The van der Waals surface area contributed by atoms with Crippen LogP contribution >= 0.6 is 0 Å². The summed E-state index contributed by atoms with van der Waals surface area (Å²) in [7, 11) is 0. The van der Waals surface area contributed by atoms with Crippen LogP contribution in [0.2, 0.25) is 0 Å². The van der Waals surface area contributed by atoms with Crippen molar-refractivity contribution in [2.45, 2.75) is 39.2 Å². The molecule has 0 saturated carbocycles. The summed E-state index contributed by atoms with van der Waals surface area (Å²) in [4.78, 5) is 12.9. The van der Waals surface area contributed by atoms with Gasteiger partial charge in [-0.15, -0.1) is 11.5 Å². The maximum Gasteiger partial charge on any atom is 0.507 e. The summed E-state index contributed by atoms with van der Waals surface area (Å²) >= 11 is 0. The second kappa shape index (κ2) is 5.24. The summed E-state index contributed by atoms with van der Waals surface area (Å²) in [6, 6.07) is 0. The molecular formula is C11H18BF3NO2-. The van der Waals surface area contributed by atoms with Gasteiger partial charge >= 0.3 is 13.1 Å². The fourth-order valence-corrected chi connectivity index (χ4v) is 1.65. The van der Waals surface area contributed by atoms with Crippen molar-refractivity contribution in [1.82, 2.24) is 4.90 Å². The lowest BCUT2D eigenvalue weighted by Crippen LogP contribution is -2.40. The van der Waals surface area contributed by atoms with Gasteiger partial charge < -0.3 is 22.6 Å². The zero-order valence-corrected chi connectivity index (χ0v) is 10.9. The standard InChI is InChI=1S/C11H18BF3NO2/c1-11(2,3)18-10(17)16-7-5-4-6-9(8-16)12(13,14)15/h6H,4-5,7-8H2,1-3H3/q-1. The Morgan fingerprint density at radius 2 is 2.00 bits per heavy atom. The summed E-state index contributed by atoms with van der Waals surface area (Å²) in [5.41, 5.74) is -1.31. The molecule has 0 aromatic rings. The van der Waals surface area contributed by atoms with Gasteiger partial charge in [-0.25, -0.2) is 4.79 Å². The van der Waals surface area contributed by atoms with Crippen molar-refractivity contribution < 1.29 is 22.5 Å². The first-order valence-corrected chi connectivity index (χ1v) is 5.96. The molecular weight excluding hydrogens is 246 g/mol. The van der Waals surface area contributed by atoms with Crippen LogP contribution in [0.3, 0.4) is 0 Å². The fourth-order valence-electron chi connectivity index (χ4n) is 1.65. The van der Waals surface area contributed by atoms with E-state index >= 15 is 0 Å². The van der Waals surface area contributed by atoms with E-state index in [1.807, 2.05) is 0 Å². The normalized spacial score (nSPS) is 18.1. The summed E-state index contributed by atoms with van der Waals surface area (Å²) in [6.45, 7) is -0.0805. The zero-order valence-electron chi connectivity index (χ0n) is 10.9. The number of carbonyl (C=O) groups excluding carboxylic acids is 1. The number of carbonyl (C=O) groups is 1. The molecule has 0 atom stereocenters. The van der Waals surface area contributed by atoms with Gasteiger partial charge in [0.15, 0.2) is 0 Å². The van der Waals surface area contributed by atoms with Crippen LogP contribution in [0, 0.1) is 0 Å². The Hall–Kier alpha value is -1.14. The Kier molecular flexibility index (Phi) is 4.34. The average molecular weight is 264 g/mol. The van der Waals surface area contributed by atoms with E-state index < -0.39 is 30.7 Å². The van der Waals surface area contributed by atoms with E-state index in [0.717, 1.165) is 4.90 Å². The highest BCUT2D eigenvalue weighted by Gasteiger charge is 2.32. The Morgan fingerprint density at radius 1 is 1.39 bits per heavy atom. The molecule has 0 saturated heterocycles. The van der Waals surface area contributed by atoms with Crippen molar-refractivity contribution in [3.05, 3.63) is 11.5 Å². The predicted octanol–water partition coefficient (Wildman–Crippen LogP) is 3.33. The summed E-state index contributed by atoms with van der Waals surface area (Å²) < 4.78 is 43.2. The minimum atomic E-state index is -5.03. The molecule has 0 radical (unpaired) electrons. The third-order valence-electron chi connectivity index (χ3n) is 2.48. The monoisotopic (exact) mass is 264 g/mol. The fraction of sp³-hybridized carbons (Fsp3) is 0.727. The number of ether oxygens (including phenoxy) is 1. The Morgan fingerprint density at radius 3 is 2.50 bits per heavy atom. The second-order valence-electron chi connectivity index (χ2n) is 5.40. The van der Waals surface area contributed by atoms with Gasteiger partial charge in [-0.1, -0.05) is 0 Å². The largest absolute Gasteiger partial charge is 0.507 e. The number of halogens is 3. The van der Waals surface area contributed by atoms with Crippen LogP contribution in [0.4, 0.5) is 17.7 Å². The van der Waals surface area contributed by atoms with E-state index in [0.29, 0.717) is 19.4 Å². The lowest BCUT2D eigenvalue weighted by molar-refractivity contribution is 0.0270. The molecule has 1 rings (SSSR count). The Labute approximate surface area is 105 Å². The summed E-state index contributed by atoms with van der Waals surface area (Å²) in [6.07, 6.45) is 1.37. The zero-order chi connectivity index (χ0) is 14.0. The number of nitrogens with zero attached hydrogens (tertiary/aromatic N) is 1. The summed E-state index contributed by atoms with van der Waals surface area (Å²) in [5.74, 6) is 0. The van der Waals surface area contributed by atoms with Gasteiger partial charge in [0.1, 0.15) is 5.60 Å². The average Bonchev–Trinajstić information content (AvgIpc) is 2.38. The highest BCUT2D eigenvalue weighted by Crippen LogP contribution is 2.24. The van der Waals surface area contributed by atoms with Crippen LogP contribution in [0.1, 0.15) is 33.6 Å². The van der Waals surface area contributed by atoms with Crippen molar-refractivity contribution >= 4 is 13.1 Å². The van der Waals surface area contributed by atoms with Gasteiger partial charge in [-0.3, -0.25) is 0 Å². The molecule has 0 unspecified atom stereocenters. The van der Waals surface area contributed by atoms with Crippen LogP contribution in [-0.4, -0.2) is 36.7 Å². The molecule has 1 amide bonds. The molecule has 104 valence electrons. The smallest absolute Gasteiger partial charge is 0.445 e. The van der Waals surface area contributed by atoms with E-state index in [1.54, 1.807) is 20.8 Å². The molecule has 3 nitrogen and oxygen atoms in total. The van der Waals surface area contributed by atoms with Crippen LogP contribution in [0.15, 0.2) is 11.5 Å². The molecule has 0 spiro atoms. The number of hydrogen-bond acceptors (Lipinski definition) is 2. The van der Waals surface area contributed by atoms with Crippen LogP contribution in [0.25, 0.3) is 0 Å². The van der Waals surface area contributed by atoms with Crippen LogP contribution in [-0.2, 0) is 4.74 Å². The van der Waals surface area contributed by atoms with E-state index in [2.05, 4.69) is 0 Å². The lowest BCUT2D eigenvalue weighted by atomic mass is 9.78. The summed E-state index contributed by atoms with van der Waals surface area (Å²) in [5, 5.41) is 0. The van der Waals surface area contributed by atoms with E-state index in [-0.39, 0.29) is 0 Å².